The molecular weight excluding hydrogens is 669 g/mol. The molecule has 2 aliphatic carbocycles. The molecule has 1 saturated heterocycles. The third-order valence-electron chi connectivity index (χ3n) is 10.1. The average molecular weight is 718 g/mol. The molecule has 1 aromatic carbocycles. The number of sulfonamides is 1. The van der Waals surface area contributed by atoms with Crippen LogP contribution in [0.1, 0.15) is 89.7 Å². The molecule has 4 amide bonds. The Balaban J connectivity index is 1.23. The minimum atomic E-state index is -3.52. The predicted octanol–water partition coefficient (Wildman–Crippen LogP) is 3.62. The number of carbonyl (C=O) groups is 4. The molecule has 3 N–H and O–H groups in total. The molecule has 0 aromatic heterocycles. The van der Waals surface area contributed by atoms with Gasteiger partial charge in [0.1, 0.15) is 29.6 Å². The van der Waals surface area contributed by atoms with E-state index in [0.29, 0.717) is 43.2 Å². The SMILES string of the molecule is CC(C)(C)OC(=O)NC1CCCCCC=CC2C[C@@]2(CNS(=O)(=O)C2CC2)NC(=O)C2CC(OC(=O)N3Cc4cccc(F)c4C3)CN2C1=O. The largest absolute Gasteiger partial charge is 0.444 e. The minimum absolute atomic E-state index is 0.0119. The van der Waals surface area contributed by atoms with Crippen molar-refractivity contribution in [2.24, 2.45) is 5.92 Å². The van der Waals surface area contributed by atoms with Crippen molar-refractivity contribution in [2.75, 3.05) is 13.1 Å². The van der Waals surface area contributed by atoms with Crippen molar-refractivity contribution in [1.29, 1.82) is 0 Å². The first-order valence-corrected chi connectivity index (χ1v) is 19.2. The number of allylic oxidation sites excluding steroid dienone is 1. The number of nitrogens with one attached hydrogen (secondary N) is 3. The molecule has 50 heavy (non-hydrogen) atoms. The van der Waals surface area contributed by atoms with E-state index >= 15 is 0 Å². The quantitative estimate of drug-likeness (QED) is 0.376. The highest BCUT2D eigenvalue weighted by atomic mass is 32.2. The number of fused-ring (bicyclic) bond motifs is 3. The molecule has 0 spiro atoms. The monoisotopic (exact) mass is 717 g/mol. The van der Waals surface area contributed by atoms with Gasteiger partial charge in [0.15, 0.2) is 0 Å². The summed E-state index contributed by atoms with van der Waals surface area (Å²) >= 11 is 0. The van der Waals surface area contributed by atoms with Gasteiger partial charge in [-0.25, -0.2) is 27.1 Å². The molecule has 0 radical (unpaired) electrons. The van der Waals surface area contributed by atoms with Gasteiger partial charge in [0.25, 0.3) is 0 Å². The zero-order chi connectivity index (χ0) is 35.8. The van der Waals surface area contributed by atoms with E-state index in [0.717, 1.165) is 19.3 Å². The molecule has 6 rings (SSSR count). The summed E-state index contributed by atoms with van der Waals surface area (Å²) in [6.45, 7) is 5.28. The summed E-state index contributed by atoms with van der Waals surface area (Å²) in [5.74, 6) is -1.51. The van der Waals surface area contributed by atoms with Crippen LogP contribution < -0.4 is 15.4 Å². The Morgan fingerprint density at radius 3 is 2.60 bits per heavy atom. The van der Waals surface area contributed by atoms with Gasteiger partial charge < -0.3 is 25.0 Å². The Labute approximate surface area is 292 Å². The molecule has 3 heterocycles. The van der Waals surface area contributed by atoms with Crippen LogP contribution in [-0.2, 0) is 42.2 Å². The molecule has 5 atom stereocenters. The second kappa shape index (κ2) is 14.1. The second-order valence-electron chi connectivity index (χ2n) is 15.3. The van der Waals surface area contributed by atoms with E-state index in [1.807, 2.05) is 6.08 Å². The highest BCUT2D eigenvalue weighted by Crippen LogP contribution is 2.45. The Morgan fingerprint density at radius 2 is 1.88 bits per heavy atom. The zero-order valence-corrected chi connectivity index (χ0v) is 29.7. The van der Waals surface area contributed by atoms with Gasteiger partial charge in [-0.05, 0) is 70.9 Å². The van der Waals surface area contributed by atoms with Crippen LogP contribution in [0.25, 0.3) is 0 Å². The van der Waals surface area contributed by atoms with Gasteiger partial charge in [0.2, 0.25) is 21.8 Å². The average Bonchev–Trinajstić information content (AvgIpc) is 3.91. The number of benzene rings is 1. The van der Waals surface area contributed by atoms with Gasteiger partial charge in [-0.3, -0.25) is 14.5 Å². The van der Waals surface area contributed by atoms with Crippen LogP contribution in [0.4, 0.5) is 14.0 Å². The standard InChI is InChI=1S/C35H48FN5O8S/c1-34(2,3)49-32(44)38-28-13-8-6-4-5-7-11-23-17-35(23,21-37-50(46,47)25-14-15-25)39-30(42)29-16-24(19-41(29)31(28)43)48-33(45)40-18-22-10-9-12-27(36)26(22)20-40/h7,9-12,23-25,28-29,37H,4-6,8,13-21H2,1-3H3,(H,38,44)(H,39,42)/t23?,24?,28?,29?,35-/m0/s1. The van der Waals surface area contributed by atoms with Crippen LogP contribution in [0.2, 0.25) is 0 Å². The smallest absolute Gasteiger partial charge is 0.410 e. The lowest BCUT2D eigenvalue weighted by Crippen LogP contribution is -2.57. The topological polar surface area (TPSA) is 163 Å². The maximum atomic E-state index is 14.4. The summed E-state index contributed by atoms with van der Waals surface area (Å²) in [4.78, 5) is 57.4. The van der Waals surface area contributed by atoms with E-state index in [-0.39, 0.29) is 38.5 Å². The molecule has 4 unspecified atom stereocenters. The molecule has 2 saturated carbocycles. The molecule has 1 aromatic rings. The number of nitrogens with zero attached hydrogens (tertiary/aromatic N) is 2. The van der Waals surface area contributed by atoms with E-state index in [4.69, 9.17) is 9.47 Å². The van der Waals surface area contributed by atoms with Gasteiger partial charge in [0, 0.05) is 31.0 Å². The van der Waals surface area contributed by atoms with Crippen LogP contribution in [0, 0.1) is 11.7 Å². The summed E-state index contributed by atoms with van der Waals surface area (Å²) in [5, 5.41) is 5.37. The summed E-state index contributed by atoms with van der Waals surface area (Å²) < 4.78 is 53.9. The normalized spacial score (nSPS) is 28.8. The molecule has 0 bridgehead atoms. The number of carbonyl (C=O) groups excluding carboxylic acids is 4. The van der Waals surface area contributed by atoms with Gasteiger partial charge in [-0.1, -0.05) is 37.1 Å². The highest BCUT2D eigenvalue weighted by molar-refractivity contribution is 7.90. The molecule has 15 heteroatoms. The first-order chi connectivity index (χ1) is 23.6. The first-order valence-electron chi connectivity index (χ1n) is 17.6. The van der Waals surface area contributed by atoms with Gasteiger partial charge in [-0.2, -0.15) is 0 Å². The molecule has 3 fully saturated rings. The number of halogens is 1. The number of rotatable bonds is 6. The highest BCUT2D eigenvalue weighted by Gasteiger charge is 2.56. The van der Waals surface area contributed by atoms with Crippen molar-refractivity contribution < 1.29 is 41.5 Å². The Kier molecular flexibility index (Phi) is 10.2. The summed E-state index contributed by atoms with van der Waals surface area (Å²) in [6.07, 6.45) is 6.84. The summed E-state index contributed by atoms with van der Waals surface area (Å²) in [6, 6.07) is 2.61. The van der Waals surface area contributed by atoms with Crippen molar-refractivity contribution in [3.05, 3.63) is 47.3 Å². The van der Waals surface area contributed by atoms with Gasteiger partial charge >= 0.3 is 12.2 Å². The van der Waals surface area contributed by atoms with E-state index in [1.54, 1.807) is 32.9 Å². The van der Waals surface area contributed by atoms with Crippen molar-refractivity contribution in [3.8, 4) is 0 Å². The van der Waals surface area contributed by atoms with Crippen LogP contribution in [0.15, 0.2) is 30.4 Å². The molecule has 13 nitrogen and oxygen atoms in total. The van der Waals surface area contributed by atoms with Crippen LogP contribution >= 0.6 is 0 Å². The Hall–Kier alpha value is -3.72. The van der Waals surface area contributed by atoms with E-state index in [1.165, 1.54) is 15.9 Å². The molecule has 5 aliphatic rings. The number of hydrogen-bond acceptors (Lipinski definition) is 8. The number of ether oxygens (including phenoxy) is 2. The summed E-state index contributed by atoms with van der Waals surface area (Å²) in [7, 11) is -3.52. The third kappa shape index (κ3) is 8.42. The van der Waals surface area contributed by atoms with Crippen molar-refractivity contribution in [3.63, 3.8) is 0 Å². The third-order valence-corrected chi connectivity index (χ3v) is 12.0. The number of alkyl carbamates (subject to hydrolysis) is 1. The fourth-order valence-electron chi connectivity index (χ4n) is 7.09. The molecular formula is C35H48FN5O8S. The second-order valence-corrected chi connectivity index (χ2v) is 17.3. The maximum absolute atomic E-state index is 14.4. The lowest BCUT2D eigenvalue weighted by molar-refractivity contribution is -0.140. The van der Waals surface area contributed by atoms with Gasteiger partial charge in [-0.15, -0.1) is 0 Å². The number of amides is 4. The van der Waals surface area contributed by atoms with Crippen molar-refractivity contribution in [1.82, 2.24) is 25.2 Å². The lowest BCUT2D eigenvalue weighted by Gasteiger charge is -2.30. The zero-order valence-electron chi connectivity index (χ0n) is 28.9. The van der Waals surface area contributed by atoms with E-state index in [2.05, 4.69) is 21.4 Å². The minimum Gasteiger partial charge on any atom is -0.444 e. The van der Waals surface area contributed by atoms with Gasteiger partial charge in [0.05, 0.1) is 23.9 Å². The molecule has 3 aliphatic heterocycles. The van der Waals surface area contributed by atoms with Crippen LogP contribution in [0.5, 0.6) is 0 Å². The Bertz CT molecular complexity index is 1640. The lowest BCUT2D eigenvalue weighted by atomic mass is 10.0. The number of hydrogen-bond donors (Lipinski definition) is 3. The van der Waals surface area contributed by atoms with E-state index < -0.39 is 74.4 Å². The predicted molar refractivity (Wildman–Crippen MR) is 180 cm³/mol. The Morgan fingerprint density at radius 1 is 1.10 bits per heavy atom. The summed E-state index contributed by atoms with van der Waals surface area (Å²) in [5.41, 5.74) is -0.575. The van der Waals surface area contributed by atoms with Crippen LogP contribution in [0.3, 0.4) is 0 Å². The fraction of sp³-hybridized carbons (Fsp3) is 0.657. The van der Waals surface area contributed by atoms with Crippen LogP contribution in [-0.4, -0.2) is 89.9 Å². The van der Waals surface area contributed by atoms with Crippen molar-refractivity contribution in [2.45, 2.75) is 126 Å². The molecule has 274 valence electrons. The van der Waals surface area contributed by atoms with Crippen molar-refractivity contribution >= 4 is 34.0 Å². The first kappa shape index (κ1) is 36.1. The maximum Gasteiger partial charge on any atom is 0.410 e. The fourth-order valence-corrected chi connectivity index (χ4v) is 8.54. The van der Waals surface area contributed by atoms with E-state index in [9.17, 15) is 32.0 Å².